The number of hydrogen-bond donors (Lipinski definition) is 0. The summed E-state index contributed by atoms with van der Waals surface area (Å²) in [4.78, 5) is 32.0. The minimum Gasteiger partial charge on any atom is -0.409 e. The first-order valence-corrected chi connectivity index (χ1v) is 18.8. The van der Waals surface area contributed by atoms with Gasteiger partial charge in [0.15, 0.2) is 0 Å². The van der Waals surface area contributed by atoms with Crippen LogP contribution in [-0.4, -0.2) is 25.6 Å². The van der Waals surface area contributed by atoms with Crippen LogP contribution in [0.1, 0.15) is 22.3 Å². The van der Waals surface area contributed by atoms with Crippen LogP contribution in [0.4, 0.5) is 32.3 Å². The van der Waals surface area contributed by atoms with Gasteiger partial charge in [-0.3, -0.25) is 0 Å². The Bertz CT molecular complexity index is 3000. The second-order valence-corrected chi connectivity index (χ2v) is 15.4. The molecule has 0 aromatic heterocycles. The highest BCUT2D eigenvalue weighted by molar-refractivity contribution is 7.01. The lowest BCUT2D eigenvalue weighted by Gasteiger charge is -2.53. The SMILES string of the molecule is O=C1Oc2cccc3ccc4c(c23)N1c1cccc2c1B4c1ccccc1C21c2ccccc2B2c3ccc4cccc5c4c3N(C(=O)O5)c3cccc1c32. The molecular formula is C47H24B2N2O4. The molecule has 0 radical (unpaired) electrons. The monoisotopic (exact) mass is 702 g/mol. The number of amides is 2. The molecule has 0 saturated heterocycles. The summed E-state index contributed by atoms with van der Waals surface area (Å²) in [6.07, 6.45) is -0.805. The molecule has 0 unspecified atom stereocenters. The molecule has 0 fully saturated rings. The second-order valence-electron chi connectivity index (χ2n) is 15.4. The third kappa shape index (κ3) is 3.03. The van der Waals surface area contributed by atoms with Gasteiger partial charge in [0.25, 0.3) is 0 Å². The largest absolute Gasteiger partial charge is 0.424 e. The zero-order valence-electron chi connectivity index (χ0n) is 29.0. The van der Waals surface area contributed by atoms with Gasteiger partial charge >= 0.3 is 12.2 Å². The molecule has 0 N–H and O–H groups in total. The number of carbonyl (C=O) groups excluding carboxylic acids is 2. The average Bonchev–Trinajstić information content (AvgIpc) is 3.22. The highest BCUT2D eigenvalue weighted by Gasteiger charge is 2.58. The third-order valence-electron chi connectivity index (χ3n) is 13.2. The lowest BCUT2D eigenvalue weighted by molar-refractivity contribution is 0.209. The predicted molar refractivity (Wildman–Crippen MR) is 218 cm³/mol. The molecule has 0 atom stereocenters. The van der Waals surface area contributed by atoms with Crippen molar-refractivity contribution in [1.82, 2.24) is 0 Å². The quantitative estimate of drug-likeness (QED) is 0.183. The Morgan fingerprint density at radius 2 is 0.855 bits per heavy atom. The van der Waals surface area contributed by atoms with E-state index in [1.165, 1.54) is 22.1 Å². The van der Waals surface area contributed by atoms with Crippen LogP contribution in [0.15, 0.2) is 146 Å². The highest BCUT2D eigenvalue weighted by atomic mass is 16.6. The minimum absolute atomic E-state index is 0.130. The van der Waals surface area contributed by atoms with Crippen LogP contribution in [0.5, 0.6) is 11.5 Å². The summed E-state index contributed by atoms with van der Waals surface area (Å²) < 4.78 is 12.2. The topological polar surface area (TPSA) is 59.1 Å². The molecule has 2 amide bonds. The molecule has 6 aliphatic rings. The molecule has 1 spiro atoms. The van der Waals surface area contributed by atoms with Crippen molar-refractivity contribution in [1.29, 1.82) is 0 Å². The zero-order valence-corrected chi connectivity index (χ0v) is 29.0. The van der Waals surface area contributed by atoms with Crippen LogP contribution in [0, 0.1) is 0 Å². The Kier molecular flexibility index (Phi) is 4.84. The van der Waals surface area contributed by atoms with Gasteiger partial charge in [-0.25, -0.2) is 19.4 Å². The summed E-state index contributed by atoms with van der Waals surface area (Å²) in [5.74, 6) is 1.19. The van der Waals surface area contributed by atoms with Crippen molar-refractivity contribution in [3.8, 4) is 11.5 Å². The van der Waals surface area contributed by atoms with E-state index in [1.807, 2.05) is 34.1 Å². The van der Waals surface area contributed by atoms with Crippen molar-refractivity contribution in [3.63, 3.8) is 0 Å². The molecule has 252 valence electrons. The molecule has 8 aromatic carbocycles. The summed E-state index contributed by atoms with van der Waals surface area (Å²) in [6.45, 7) is -0.260. The van der Waals surface area contributed by atoms with Crippen LogP contribution in [-0.2, 0) is 5.41 Å². The molecule has 8 heteroatoms. The summed E-state index contributed by atoms with van der Waals surface area (Å²) in [5.41, 5.74) is 14.1. The van der Waals surface area contributed by atoms with Crippen molar-refractivity contribution < 1.29 is 19.1 Å². The molecule has 14 rings (SSSR count). The standard InChI is InChI=1S/C47H24B2N2O4/c52-45-50-35-17-7-13-29-41(35)48(33-23-21-25-9-5-19-37(54-45)39(25)43(33)50)31-15-3-1-11-27(31)47(29)28-12-2-4-16-32(28)49-34-24-22-26-10-6-20-38-40(26)44(34)51(46(53)55-38)36-18-8-14-30(47)42(36)49/h1-24H. The van der Waals surface area contributed by atoms with Crippen LogP contribution < -0.4 is 52.1 Å². The van der Waals surface area contributed by atoms with Gasteiger partial charge in [-0.05, 0) is 79.1 Å². The molecule has 0 aliphatic carbocycles. The van der Waals surface area contributed by atoms with E-state index in [4.69, 9.17) is 9.47 Å². The van der Waals surface area contributed by atoms with Gasteiger partial charge < -0.3 is 9.47 Å². The number of anilines is 4. The van der Waals surface area contributed by atoms with Crippen LogP contribution in [0.25, 0.3) is 21.5 Å². The smallest absolute Gasteiger partial charge is 0.409 e. The van der Waals surface area contributed by atoms with E-state index in [0.29, 0.717) is 11.5 Å². The van der Waals surface area contributed by atoms with Gasteiger partial charge in [0.1, 0.15) is 11.5 Å². The maximum absolute atomic E-state index is 14.2. The first kappa shape index (κ1) is 28.5. The number of hydrogen-bond acceptors (Lipinski definition) is 4. The van der Waals surface area contributed by atoms with E-state index in [9.17, 15) is 9.59 Å². The zero-order chi connectivity index (χ0) is 35.9. The summed E-state index contributed by atoms with van der Waals surface area (Å²) in [6, 6.07) is 51.1. The molecule has 55 heavy (non-hydrogen) atoms. The molecule has 6 aliphatic heterocycles. The first-order valence-electron chi connectivity index (χ1n) is 18.8. The molecular weight excluding hydrogens is 678 g/mol. The predicted octanol–water partition coefficient (Wildman–Crippen LogP) is 5.96. The third-order valence-corrected chi connectivity index (χ3v) is 13.2. The van der Waals surface area contributed by atoms with Gasteiger partial charge in [0.2, 0.25) is 13.4 Å². The van der Waals surface area contributed by atoms with E-state index < -0.39 is 17.6 Å². The number of nitrogens with zero attached hydrogens (tertiary/aromatic N) is 2. The van der Waals surface area contributed by atoms with Gasteiger partial charge in [-0.2, -0.15) is 0 Å². The maximum Gasteiger partial charge on any atom is 0.424 e. The Morgan fingerprint density at radius 3 is 1.35 bits per heavy atom. The first-order chi connectivity index (χ1) is 27.1. The molecule has 0 bridgehead atoms. The minimum atomic E-state index is -0.782. The fraction of sp³-hybridized carbons (Fsp3) is 0.0213. The summed E-state index contributed by atoms with van der Waals surface area (Å²) in [5, 5.41) is 3.99. The fourth-order valence-electron chi connectivity index (χ4n) is 11.5. The van der Waals surface area contributed by atoms with Gasteiger partial charge in [0, 0.05) is 22.1 Å². The molecule has 0 saturated carbocycles. The highest BCUT2D eigenvalue weighted by Crippen LogP contribution is 2.53. The number of carbonyl (C=O) groups is 2. The van der Waals surface area contributed by atoms with Gasteiger partial charge in [0.05, 0.1) is 16.8 Å². The second kappa shape index (κ2) is 9.35. The maximum atomic E-state index is 14.2. The number of rotatable bonds is 0. The fourth-order valence-corrected chi connectivity index (χ4v) is 11.5. The van der Waals surface area contributed by atoms with Crippen molar-refractivity contribution in [2.45, 2.75) is 5.41 Å². The Morgan fingerprint density at radius 1 is 0.418 bits per heavy atom. The molecule has 8 aromatic rings. The Labute approximate surface area is 315 Å². The van der Waals surface area contributed by atoms with Crippen LogP contribution in [0.2, 0.25) is 0 Å². The van der Waals surface area contributed by atoms with Crippen LogP contribution >= 0.6 is 0 Å². The lowest BCUT2D eigenvalue weighted by atomic mass is 9.25. The summed E-state index contributed by atoms with van der Waals surface area (Å²) >= 11 is 0. The Hall–Kier alpha value is -7.05. The van der Waals surface area contributed by atoms with Gasteiger partial charge in [-0.15, -0.1) is 0 Å². The van der Waals surface area contributed by atoms with Crippen molar-refractivity contribution in [2.75, 3.05) is 9.80 Å². The van der Waals surface area contributed by atoms with Gasteiger partial charge in [-0.1, -0.05) is 132 Å². The van der Waals surface area contributed by atoms with Crippen LogP contribution in [0.3, 0.4) is 0 Å². The number of benzene rings is 8. The van der Waals surface area contributed by atoms with Crippen molar-refractivity contribution in [3.05, 3.63) is 168 Å². The average molecular weight is 702 g/mol. The van der Waals surface area contributed by atoms with E-state index in [1.54, 1.807) is 0 Å². The van der Waals surface area contributed by atoms with E-state index >= 15 is 0 Å². The lowest BCUT2D eigenvalue weighted by Crippen LogP contribution is -2.71. The molecule has 6 heterocycles. The van der Waals surface area contributed by atoms with Crippen molar-refractivity contribution >= 4 is 103 Å². The summed E-state index contributed by atoms with van der Waals surface area (Å²) in [7, 11) is 0. The van der Waals surface area contributed by atoms with E-state index in [0.717, 1.165) is 77.3 Å². The number of ether oxygens (including phenoxy) is 2. The van der Waals surface area contributed by atoms with E-state index in [2.05, 4.69) is 121 Å². The molecule has 6 nitrogen and oxygen atoms in total. The normalized spacial score (nSPS) is 16.4. The Balaban J connectivity index is 1.14. The van der Waals surface area contributed by atoms with E-state index in [-0.39, 0.29) is 13.4 Å². The van der Waals surface area contributed by atoms with Crippen molar-refractivity contribution in [2.24, 2.45) is 0 Å². The number of fused-ring (bicyclic) bond motifs is 12.